The molecule has 0 fully saturated rings. The van der Waals surface area contributed by atoms with Crippen LogP contribution in [0, 0.1) is 12.8 Å². The molecule has 0 aliphatic carbocycles. The van der Waals surface area contributed by atoms with E-state index in [2.05, 4.69) is 26.1 Å². The van der Waals surface area contributed by atoms with E-state index in [-0.39, 0.29) is 11.4 Å². The van der Waals surface area contributed by atoms with E-state index in [4.69, 9.17) is 5.73 Å². The summed E-state index contributed by atoms with van der Waals surface area (Å²) in [6.07, 6.45) is 1.35. The van der Waals surface area contributed by atoms with Gasteiger partial charge < -0.3 is 11.1 Å². The maximum atomic E-state index is 12.0. The summed E-state index contributed by atoms with van der Waals surface area (Å²) < 4.78 is 0. The second-order valence-corrected chi connectivity index (χ2v) is 6.97. The van der Waals surface area contributed by atoms with Crippen molar-refractivity contribution >= 4 is 17.2 Å². The second kappa shape index (κ2) is 6.34. The average molecular weight is 268 g/mol. The number of nitrogens with one attached hydrogen (secondary N) is 1. The van der Waals surface area contributed by atoms with Crippen molar-refractivity contribution in [2.24, 2.45) is 11.7 Å². The first-order valence-electron chi connectivity index (χ1n) is 6.41. The molecule has 1 heterocycles. The molecule has 3 nitrogen and oxygen atoms in total. The zero-order valence-corrected chi connectivity index (χ0v) is 12.6. The minimum Gasteiger partial charge on any atom is -0.349 e. The van der Waals surface area contributed by atoms with Gasteiger partial charge in [-0.1, -0.05) is 13.8 Å². The molecule has 4 heteroatoms. The molecule has 0 bridgehead atoms. The Labute approximate surface area is 114 Å². The first-order chi connectivity index (χ1) is 8.34. The Morgan fingerprint density at radius 1 is 1.50 bits per heavy atom. The van der Waals surface area contributed by atoms with Crippen LogP contribution in [0.5, 0.6) is 0 Å². The molecule has 0 aromatic carbocycles. The van der Waals surface area contributed by atoms with Crippen molar-refractivity contribution in [3.8, 4) is 0 Å². The Bertz CT molecular complexity index is 400. The van der Waals surface area contributed by atoms with Gasteiger partial charge in [-0.25, -0.2) is 0 Å². The number of rotatable bonds is 6. The quantitative estimate of drug-likeness (QED) is 0.833. The Balaban J connectivity index is 2.57. The van der Waals surface area contributed by atoms with E-state index >= 15 is 0 Å². The summed E-state index contributed by atoms with van der Waals surface area (Å²) in [5, 5.41) is 3.07. The molecule has 0 aliphatic rings. The van der Waals surface area contributed by atoms with Crippen LogP contribution >= 0.6 is 11.3 Å². The molecule has 102 valence electrons. The van der Waals surface area contributed by atoms with Crippen LogP contribution in [-0.2, 0) is 11.2 Å². The van der Waals surface area contributed by atoms with E-state index in [0.29, 0.717) is 18.9 Å². The number of thiophene rings is 1. The fraction of sp³-hybridized carbons (Fsp3) is 0.643. The first kappa shape index (κ1) is 15.2. The summed E-state index contributed by atoms with van der Waals surface area (Å²) in [6, 6.07) is 4.06. The summed E-state index contributed by atoms with van der Waals surface area (Å²) in [5.41, 5.74) is 5.49. The standard InChI is InChI=1S/C14H24N2OS/c1-10(2)8-14(4,9-15)16-13(17)7-12-6-5-11(3)18-12/h5-6,10H,7-9,15H2,1-4H3,(H,16,17). The van der Waals surface area contributed by atoms with Crippen molar-refractivity contribution in [2.45, 2.75) is 46.1 Å². The van der Waals surface area contributed by atoms with Crippen molar-refractivity contribution in [1.82, 2.24) is 5.32 Å². The van der Waals surface area contributed by atoms with E-state index in [9.17, 15) is 4.79 Å². The van der Waals surface area contributed by atoms with E-state index < -0.39 is 0 Å². The molecule has 0 saturated heterocycles. The SMILES string of the molecule is Cc1ccc(CC(=O)NC(C)(CN)CC(C)C)s1. The van der Waals surface area contributed by atoms with Gasteiger partial charge in [-0.15, -0.1) is 11.3 Å². The fourth-order valence-corrected chi connectivity index (χ4v) is 3.09. The molecule has 1 atom stereocenters. The van der Waals surface area contributed by atoms with Crippen molar-refractivity contribution in [3.63, 3.8) is 0 Å². The van der Waals surface area contributed by atoms with Crippen LogP contribution in [0.25, 0.3) is 0 Å². The summed E-state index contributed by atoms with van der Waals surface area (Å²) in [6.45, 7) is 8.82. The molecule has 1 rings (SSSR count). The first-order valence-corrected chi connectivity index (χ1v) is 7.22. The van der Waals surface area contributed by atoms with Gasteiger partial charge in [0.2, 0.25) is 5.91 Å². The smallest absolute Gasteiger partial charge is 0.225 e. The topological polar surface area (TPSA) is 55.1 Å². The third kappa shape index (κ3) is 4.78. The Hall–Kier alpha value is -0.870. The largest absolute Gasteiger partial charge is 0.349 e. The summed E-state index contributed by atoms with van der Waals surface area (Å²) >= 11 is 1.67. The third-order valence-corrected chi connectivity index (χ3v) is 3.88. The molecule has 3 N–H and O–H groups in total. The van der Waals surface area contributed by atoms with E-state index in [1.165, 1.54) is 4.88 Å². The Morgan fingerprint density at radius 3 is 2.61 bits per heavy atom. The highest BCUT2D eigenvalue weighted by Gasteiger charge is 2.25. The zero-order valence-electron chi connectivity index (χ0n) is 11.7. The molecule has 18 heavy (non-hydrogen) atoms. The van der Waals surface area contributed by atoms with Crippen molar-refractivity contribution in [2.75, 3.05) is 6.54 Å². The molecule has 1 amide bonds. The number of amides is 1. The van der Waals surface area contributed by atoms with Gasteiger partial charge >= 0.3 is 0 Å². The monoisotopic (exact) mass is 268 g/mol. The highest BCUT2D eigenvalue weighted by Crippen LogP contribution is 2.18. The molecule has 0 saturated carbocycles. The maximum Gasteiger partial charge on any atom is 0.225 e. The lowest BCUT2D eigenvalue weighted by atomic mass is 9.90. The highest BCUT2D eigenvalue weighted by molar-refractivity contribution is 7.12. The van der Waals surface area contributed by atoms with Crippen molar-refractivity contribution < 1.29 is 4.79 Å². The molecule has 1 unspecified atom stereocenters. The van der Waals surface area contributed by atoms with Crippen LogP contribution < -0.4 is 11.1 Å². The molecule has 1 aromatic rings. The van der Waals surface area contributed by atoms with E-state index in [1.807, 2.05) is 19.1 Å². The Morgan fingerprint density at radius 2 is 2.17 bits per heavy atom. The summed E-state index contributed by atoms with van der Waals surface area (Å²) in [7, 11) is 0. The van der Waals surface area contributed by atoms with Gasteiger partial charge in [-0.2, -0.15) is 0 Å². The van der Waals surface area contributed by atoms with Gasteiger partial charge in [0.1, 0.15) is 0 Å². The minimum absolute atomic E-state index is 0.0606. The minimum atomic E-state index is -0.294. The van der Waals surface area contributed by atoms with Gasteiger partial charge in [0, 0.05) is 21.8 Å². The van der Waals surface area contributed by atoms with Gasteiger partial charge in [0.15, 0.2) is 0 Å². The number of carbonyl (C=O) groups excluding carboxylic acids is 1. The van der Waals surface area contributed by atoms with Crippen LogP contribution in [0.3, 0.4) is 0 Å². The lowest BCUT2D eigenvalue weighted by molar-refractivity contribution is -0.122. The molecule has 1 aromatic heterocycles. The van der Waals surface area contributed by atoms with Gasteiger partial charge in [-0.3, -0.25) is 4.79 Å². The van der Waals surface area contributed by atoms with Crippen LogP contribution in [0.2, 0.25) is 0 Å². The van der Waals surface area contributed by atoms with E-state index in [1.54, 1.807) is 11.3 Å². The van der Waals surface area contributed by atoms with Gasteiger partial charge in [0.25, 0.3) is 0 Å². The number of carbonyl (C=O) groups is 1. The molecule has 0 aliphatic heterocycles. The highest BCUT2D eigenvalue weighted by atomic mass is 32.1. The number of hydrogen-bond acceptors (Lipinski definition) is 3. The average Bonchev–Trinajstić information content (AvgIpc) is 2.62. The van der Waals surface area contributed by atoms with Gasteiger partial charge in [-0.05, 0) is 38.3 Å². The molecular weight excluding hydrogens is 244 g/mol. The lowest BCUT2D eigenvalue weighted by Crippen LogP contribution is -2.52. The van der Waals surface area contributed by atoms with Crippen LogP contribution in [0.15, 0.2) is 12.1 Å². The van der Waals surface area contributed by atoms with E-state index in [0.717, 1.165) is 11.3 Å². The summed E-state index contributed by atoms with van der Waals surface area (Å²) in [5.74, 6) is 0.577. The van der Waals surface area contributed by atoms with Crippen LogP contribution in [0.1, 0.15) is 36.9 Å². The summed E-state index contributed by atoms with van der Waals surface area (Å²) in [4.78, 5) is 14.4. The molecule has 0 spiro atoms. The predicted octanol–water partition coefficient (Wildman–Crippen LogP) is 2.48. The fourth-order valence-electron chi connectivity index (χ4n) is 2.21. The number of hydrogen-bond donors (Lipinski definition) is 2. The van der Waals surface area contributed by atoms with Crippen LogP contribution in [0.4, 0.5) is 0 Å². The number of aryl methyl sites for hydroxylation is 1. The van der Waals surface area contributed by atoms with Gasteiger partial charge in [0.05, 0.1) is 6.42 Å². The maximum absolute atomic E-state index is 12.0. The lowest BCUT2D eigenvalue weighted by Gasteiger charge is -2.31. The normalized spacial score (nSPS) is 14.6. The van der Waals surface area contributed by atoms with Crippen LogP contribution in [-0.4, -0.2) is 18.0 Å². The molecular formula is C14H24N2OS. The zero-order chi connectivity index (χ0) is 13.8. The predicted molar refractivity (Wildman–Crippen MR) is 77.8 cm³/mol. The van der Waals surface area contributed by atoms with Crippen molar-refractivity contribution in [1.29, 1.82) is 0 Å². The second-order valence-electron chi connectivity index (χ2n) is 5.60. The third-order valence-electron chi connectivity index (χ3n) is 2.88. The number of nitrogens with two attached hydrogens (primary N) is 1. The van der Waals surface area contributed by atoms with Crippen molar-refractivity contribution in [3.05, 3.63) is 21.9 Å². The Kier molecular flexibility index (Phi) is 5.35. The molecule has 0 radical (unpaired) electrons.